The van der Waals surface area contributed by atoms with Crippen LogP contribution in [-0.4, -0.2) is 46.0 Å². The number of rotatable bonds is 3. The second-order valence-corrected chi connectivity index (χ2v) is 9.92. The molecule has 2 aromatic heterocycles. The Morgan fingerprint density at radius 1 is 1.03 bits per heavy atom. The molecule has 2 unspecified atom stereocenters. The van der Waals surface area contributed by atoms with E-state index in [1.807, 2.05) is 6.07 Å². The highest BCUT2D eigenvalue weighted by Gasteiger charge is 2.34. The Hall–Kier alpha value is -1.59. The fourth-order valence-corrected chi connectivity index (χ4v) is 6.88. The number of halogens is 2. The van der Waals surface area contributed by atoms with Gasteiger partial charge in [0.15, 0.2) is 11.6 Å². The molecule has 156 valence electrons. The molecule has 3 aliphatic heterocycles. The van der Waals surface area contributed by atoms with Gasteiger partial charge in [0.25, 0.3) is 0 Å². The van der Waals surface area contributed by atoms with Crippen LogP contribution in [-0.2, 0) is 17.7 Å². The average molecular weight is 537 g/mol. The molecule has 2 saturated heterocycles. The van der Waals surface area contributed by atoms with E-state index in [9.17, 15) is 4.39 Å². The maximum absolute atomic E-state index is 13.8. The van der Waals surface area contributed by atoms with Crippen molar-refractivity contribution in [3.63, 3.8) is 0 Å². The normalized spacial score (nSPS) is 23.3. The SMILES string of the molecule is Fc1ccc2c3c(n(SI)c2c1)CCN(c1ccc(N2CC4CCC(C2)O4)nn1)C3. The lowest BCUT2D eigenvalue weighted by Gasteiger charge is -2.33. The number of anilines is 2. The molecule has 6 nitrogen and oxygen atoms in total. The van der Waals surface area contributed by atoms with Gasteiger partial charge in [-0.15, -0.1) is 10.2 Å². The predicted molar refractivity (Wildman–Crippen MR) is 126 cm³/mol. The van der Waals surface area contributed by atoms with Gasteiger partial charge in [-0.05, 0) is 43.2 Å². The number of ether oxygens (including phenoxy) is 1. The van der Waals surface area contributed by atoms with Crippen LogP contribution in [0, 0.1) is 5.82 Å². The molecular formula is C21H21FIN5OS. The first-order chi connectivity index (χ1) is 14.7. The van der Waals surface area contributed by atoms with E-state index in [2.05, 4.69) is 57.3 Å². The molecule has 0 radical (unpaired) electrons. The van der Waals surface area contributed by atoms with Crippen LogP contribution in [0.3, 0.4) is 0 Å². The van der Waals surface area contributed by atoms with Gasteiger partial charge in [0, 0.05) is 79.6 Å². The fourth-order valence-electron chi connectivity index (χ4n) is 5.02. The highest BCUT2D eigenvalue weighted by molar-refractivity contribution is 14.2. The van der Waals surface area contributed by atoms with Gasteiger partial charge in [-0.25, -0.2) is 4.39 Å². The minimum Gasteiger partial charge on any atom is -0.371 e. The van der Waals surface area contributed by atoms with Gasteiger partial charge in [-0.2, -0.15) is 0 Å². The second-order valence-electron chi connectivity index (χ2n) is 8.23. The first-order valence-electron chi connectivity index (χ1n) is 10.3. The van der Waals surface area contributed by atoms with Crippen LogP contribution in [0.1, 0.15) is 24.1 Å². The Labute approximate surface area is 190 Å². The lowest BCUT2D eigenvalue weighted by Crippen LogP contribution is -2.43. The van der Waals surface area contributed by atoms with E-state index in [1.165, 1.54) is 11.3 Å². The Kier molecular flexibility index (Phi) is 4.80. The minimum atomic E-state index is -0.195. The summed E-state index contributed by atoms with van der Waals surface area (Å²) in [6.45, 7) is 3.44. The van der Waals surface area contributed by atoms with Crippen molar-refractivity contribution in [3.05, 3.63) is 47.4 Å². The zero-order valence-electron chi connectivity index (χ0n) is 16.3. The van der Waals surface area contributed by atoms with Gasteiger partial charge >= 0.3 is 0 Å². The van der Waals surface area contributed by atoms with Crippen LogP contribution >= 0.6 is 30.3 Å². The first kappa shape index (κ1) is 19.1. The molecule has 3 aliphatic rings. The summed E-state index contributed by atoms with van der Waals surface area (Å²) in [6.07, 6.45) is 3.87. The van der Waals surface area contributed by atoms with E-state index in [0.717, 1.165) is 68.0 Å². The summed E-state index contributed by atoms with van der Waals surface area (Å²) in [4.78, 5) is 4.57. The monoisotopic (exact) mass is 537 g/mol. The van der Waals surface area contributed by atoms with E-state index in [-0.39, 0.29) is 5.82 Å². The van der Waals surface area contributed by atoms with E-state index < -0.39 is 0 Å². The van der Waals surface area contributed by atoms with Crippen LogP contribution in [0.25, 0.3) is 10.9 Å². The number of nitrogens with zero attached hydrogens (tertiary/aromatic N) is 5. The average Bonchev–Trinajstić information content (AvgIpc) is 3.28. The Morgan fingerprint density at radius 2 is 1.77 bits per heavy atom. The van der Waals surface area contributed by atoms with Crippen molar-refractivity contribution in [2.24, 2.45) is 0 Å². The lowest BCUT2D eigenvalue weighted by atomic mass is 10.0. The summed E-state index contributed by atoms with van der Waals surface area (Å²) in [5.74, 6) is 1.63. The maximum Gasteiger partial charge on any atom is 0.151 e. The molecule has 2 fully saturated rings. The molecule has 2 bridgehead atoms. The molecule has 0 amide bonds. The van der Waals surface area contributed by atoms with Crippen LogP contribution in [0.4, 0.5) is 16.0 Å². The van der Waals surface area contributed by atoms with Gasteiger partial charge in [-0.1, -0.05) is 0 Å². The zero-order chi connectivity index (χ0) is 20.2. The van der Waals surface area contributed by atoms with Crippen molar-refractivity contribution >= 4 is 52.9 Å². The highest BCUT2D eigenvalue weighted by atomic mass is 127. The van der Waals surface area contributed by atoms with Crippen LogP contribution in [0.2, 0.25) is 0 Å². The van der Waals surface area contributed by atoms with Crippen molar-refractivity contribution in [1.82, 2.24) is 14.2 Å². The van der Waals surface area contributed by atoms with Crippen molar-refractivity contribution in [3.8, 4) is 0 Å². The van der Waals surface area contributed by atoms with Gasteiger partial charge in [0.2, 0.25) is 0 Å². The Morgan fingerprint density at radius 3 is 2.47 bits per heavy atom. The first-order valence-corrected chi connectivity index (χ1v) is 13.6. The summed E-state index contributed by atoms with van der Waals surface area (Å²) in [5, 5.41) is 10.2. The van der Waals surface area contributed by atoms with Crippen LogP contribution < -0.4 is 9.80 Å². The summed E-state index contributed by atoms with van der Waals surface area (Å²) >= 11 is 2.27. The number of fused-ring (bicyclic) bond motifs is 5. The number of benzene rings is 1. The van der Waals surface area contributed by atoms with Gasteiger partial charge in [0.05, 0.1) is 17.7 Å². The van der Waals surface area contributed by atoms with Crippen molar-refractivity contribution in [2.75, 3.05) is 29.4 Å². The van der Waals surface area contributed by atoms with Crippen molar-refractivity contribution in [2.45, 2.75) is 38.0 Å². The van der Waals surface area contributed by atoms with Gasteiger partial charge < -0.3 is 14.5 Å². The molecule has 0 aliphatic carbocycles. The lowest BCUT2D eigenvalue weighted by molar-refractivity contribution is 0.0302. The molecule has 1 aromatic carbocycles. The third-order valence-electron chi connectivity index (χ3n) is 6.46. The van der Waals surface area contributed by atoms with Crippen LogP contribution in [0.5, 0.6) is 0 Å². The summed E-state index contributed by atoms with van der Waals surface area (Å²) in [7, 11) is 1.61. The van der Waals surface area contributed by atoms with Crippen LogP contribution in [0.15, 0.2) is 30.3 Å². The quantitative estimate of drug-likeness (QED) is 0.464. The molecule has 0 saturated carbocycles. The molecule has 9 heteroatoms. The highest BCUT2D eigenvalue weighted by Crippen LogP contribution is 2.37. The summed E-state index contributed by atoms with van der Waals surface area (Å²) in [6, 6.07) is 9.25. The summed E-state index contributed by atoms with van der Waals surface area (Å²) < 4.78 is 21.9. The zero-order valence-corrected chi connectivity index (χ0v) is 19.3. The van der Waals surface area contributed by atoms with Gasteiger partial charge in [0.1, 0.15) is 5.82 Å². The number of aromatic nitrogens is 3. The summed E-state index contributed by atoms with van der Waals surface area (Å²) in [5.41, 5.74) is 3.49. The van der Waals surface area contributed by atoms with E-state index in [4.69, 9.17) is 4.74 Å². The Balaban J connectivity index is 1.26. The topological polar surface area (TPSA) is 46.4 Å². The maximum atomic E-state index is 13.8. The van der Waals surface area contributed by atoms with Crippen molar-refractivity contribution in [1.29, 1.82) is 0 Å². The van der Waals surface area contributed by atoms with Crippen molar-refractivity contribution < 1.29 is 9.13 Å². The smallest absolute Gasteiger partial charge is 0.151 e. The van der Waals surface area contributed by atoms with E-state index in [1.54, 1.807) is 21.3 Å². The molecule has 6 rings (SSSR count). The minimum absolute atomic E-state index is 0.195. The molecule has 2 atom stereocenters. The number of hydrogen-bond donors (Lipinski definition) is 0. The third-order valence-corrected chi connectivity index (χ3v) is 8.20. The van der Waals surface area contributed by atoms with Gasteiger partial charge in [-0.3, -0.25) is 3.97 Å². The van der Waals surface area contributed by atoms with E-state index in [0.29, 0.717) is 12.2 Å². The molecule has 5 heterocycles. The van der Waals surface area contributed by atoms with E-state index >= 15 is 0 Å². The third kappa shape index (κ3) is 3.16. The second kappa shape index (κ2) is 7.52. The number of hydrogen-bond acceptors (Lipinski definition) is 6. The predicted octanol–water partition coefficient (Wildman–Crippen LogP) is 4.35. The number of morpholine rings is 1. The molecule has 30 heavy (non-hydrogen) atoms. The standard InChI is InChI=1S/C21H21FIN5OS/c22-13-1-4-16-17-12-26(8-7-18(17)28(30-23)19(16)9-13)20-5-6-21(25-24-20)27-10-14-2-3-15(11-27)29-14/h1,4-6,9,14-15H,2-3,7-8,10-12H2. The molecule has 0 spiro atoms. The molecule has 3 aromatic rings. The largest absolute Gasteiger partial charge is 0.371 e. The Bertz CT molecular complexity index is 1090. The molecular weight excluding hydrogens is 516 g/mol. The fraction of sp³-hybridized carbons (Fsp3) is 0.429. The molecule has 0 N–H and O–H groups in total.